The van der Waals surface area contributed by atoms with E-state index >= 15 is 0 Å². The van der Waals surface area contributed by atoms with E-state index in [0.29, 0.717) is 30.3 Å². The highest BCUT2D eigenvalue weighted by molar-refractivity contribution is 7.92. The molecule has 0 unspecified atom stereocenters. The third kappa shape index (κ3) is 4.56. The van der Waals surface area contributed by atoms with Gasteiger partial charge in [-0.1, -0.05) is 19.1 Å². The highest BCUT2D eigenvalue weighted by Crippen LogP contribution is 2.21. The molecule has 1 saturated heterocycles. The normalized spacial score (nSPS) is 18.3. The molecule has 0 N–H and O–H groups in total. The summed E-state index contributed by atoms with van der Waals surface area (Å²) in [5.41, 5.74) is 0.754. The lowest BCUT2D eigenvalue weighted by molar-refractivity contribution is -0.131. The van der Waals surface area contributed by atoms with Crippen LogP contribution in [0.15, 0.2) is 24.3 Å². The van der Waals surface area contributed by atoms with Gasteiger partial charge in [0.15, 0.2) is 5.78 Å². The number of rotatable bonds is 5. The third-order valence-corrected chi connectivity index (χ3v) is 5.37. The number of amides is 1. The second kappa shape index (κ2) is 7.34. The number of nitrogens with zero attached hydrogens (tertiary/aromatic N) is 2. The minimum atomic E-state index is -3.63. The molecule has 0 aliphatic carbocycles. The maximum Gasteiger partial charge on any atom is 0.243 e. The minimum absolute atomic E-state index is 0.151. The van der Waals surface area contributed by atoms with E-state index in [0.717, 1.165) is 23.4 Å². The van der Waals surface area contributed by atoms with Crippen LogP contribution < -0.4 is 4.31 Å². The third-order valence-electron chi connectivity index (χ3n) is 4.23. The molecule has 1 atom stereocenters. The predicted molar refractivity (Wildman–Crippen MR) is 93.6 cm³/mol. The van der Waals surface area contributed by atoms with E-state index in [4.69, 9.17) is 0 Å². The van der Waals surface area contributed by atoms with Crippen molar-refractivity contribution < 1.29 is 18.0 Å². The van der Waals surface area contributed by atoms with Gasteiger partial charge < -0.3 is 4.90 Å². The van der Waals surface area contributed by atoms with E-state index in [1.54, 1.807) is 23.1 Å². The Kier molecular flexibility index (Phi) is 5.64. The van der Waals surface area contributed by atoms with Crippen molar-refractivity contribution in [3.05, 3.63) is 29.8 Å². The molecule has 1 aromatic carbocycles. The summed E-state index contributed by atoms with van der Waals surface area (Å²) in [6, 6.07) is 6.35. The Balaban J connectivity index is 2.25. The Labute approximate surface area is 143 Å². The fourth-order valence-corrected chi connectivity index (χ4v) is 3.76. The number of carbonyl (C=O) groups is 2. The largest absolute Gasteiger partial charge is 0.341 e. The van der Waals surface area contributed by atoms with Crippen LogP contribution in [0.3, 0.4) is 0 Å². The molecule has 1 aliphatic heterocycles. The van der Waals surface area contributed by atoms with Crippen molar-refractivity contribution in [1.29, 1.82) is 0 Å². The highest BCUT2D eigenvalue weighted by Gasteiger charge is 2.26. The monoisotopic (exact) mass is 352 g/mol. The van der Waals surface area contributed by atoms with Crippen LogP contribution in [-0.4, -0.2) is 50.9 Å². The Morgan fingerprint density at radius 3 is 2.62 bits per heavy atom. The van der Waals surface area contributed by atoms with E-state index in [1.165, 1.54) is 13.0 Å². The zero-order valence-corrected chi connectivity index (χ0v) is 15.2. The molecule has 7 heteroatoms. The molecule has 1 amide bonds. The van der Waals surface area contributed by atoms with E-state index in [-0.39, 0.29) is 18.2 Å². The minimum Gasteiger partial charge on any atom is -0.341 e. The maximum absolute atomic E-state index is 12.5. The molecule has 24 heavy (non-hydrogen) atoms. The number of hydrogen-bond donors (Lipinski definition) is 0. The molecule has 1 heterocycles. The van der Waals surface area contributed by atoms with Crippen molar-refractivity contribution in [1.82, 2.24) is 4.90 Å². The first-order valence-corrected chi connectivity index (χ1v) is 9.90. The molecule has 6 nitrogen and oxygen atoms in total. The lowest BCUT2D eigenvalue weighted by Crippen LogP contribution is -2.46. The number of hydrogen-bond acceptors (Lipinski definition) is 4. The molecular formula is C17H24N2O4S. The summed E-state index contributed by atoms with van der Waals surface area (Å²) in [4.78, 5) is 25.8. The highest BCUT2D eigenvalue weighted by atomic mass is 32.2. The standard InChI is InChI=1S/C17H24N2O4S/c1-13-6-5-9-18(11-13)17(21)12-19(24(3,22)23)16-8-4-7-15(10-16)14(2)20/h4,7-8,10,13H,5-6,9,11-12H2,1-3H3/t13-/m0/s1. The van der Waals surface area contributed by atoms with Crippen molar-refractivity contribution in [2.45, 2.75) is 26.7 Å². The number of benzene rings is 1. The average molecular weight is 352 g/mol. The summed E-state index contributed by atoms with van der Waals surface area (Å²) in [5.74, 6) is 0.0668. The Morgan fingerprint density at radius 1 is 1.33 bits per heavy atom. The number of sulfonamides is 1. The van der Waals surface area contributed by atoms with E-state index in [1.807, 2.05) is 0 Å². The molecule has 0 aromatic heterocycles. The van der Waals surface area contributed by atoms with Crippen LogP contribution in [0.25, 0.3) is 0 Å². The van der Waals surface area contributed by atoms with Crippen LogP contribution in [0.1, 0.15) is 37.0 Å². The average Bonchev–Trinajstić information content (AvgIpc) is 2.51. The summed E-state index contributed by atoms with van der Waals surface area (Å²) in [6.45, 7) is 4.58. The molecule has 0 saturated carbocycles. The van der Waals surface area contributed by atoms with Crippen LogP contribution in [0.2, 0.25) is 0 Å². The van der Waals surface area contributed by atoms with Crippen LogP contribution in [0.4, 0.5) is 5.69 Å². The van der Waals surface area contributed by atoms with Gasteiger partial charge in [-0.05, 0) is 37.8 Å². The SMILES string of the molecule is CC(=O)c1cccc(N(CC(=O)N2CCC[C@H](C)C2)S(C)(=O)=O)c1. The van der Waals surface area contributed by atoms with Crippen molar-refractivity contribution in [2.24, 2.45) is 5.92 Å². The van der Waals surface area contributed by atoms with Gasteiger partial charge in [0.2, 0.25) is 15.9 Å². The number of likely N-dealkylation sites (tertiary alicyclic amines) is 1. The Hall–Kier alpha value is -1.89. The summed E-state index contributed by atoms with van der Waals surface area (Å²) in [7, 11) is -3.63. The molecule has 1 fully saturated rings. The van der Waals surface area contributed by atoms with Crippen molar-refractivity contribution in [3.8, 4) is 0 Å². The van der Waals surface area contributed by atoms with Gasteiger partial charge in [0, 0.05) is 18.7 Å². The van der Waals surface area contributed by atoms with Gasteiger partial charge in [-0.3, -0.25) is 13.9 Å². The van der Waals surface area contributed by atoms with Crippen molar-refractivity contribution >= 4 is 27.4 Å². The van der Waals surface area contributed by atoms with Gasteiger partial charge >= 0.3 is 0 Å². The van der Waals surface area contributed by atoms with Gasteiger partial charge in [-0.2, -0.15) is 0 Å². The molecule has 0 radical (unpaired) electrons. The Bertz CT molecular complexity index is 730. The zero-order valence-electron chi connectivity index (χ0n) is 14.4. The number of anilines is 1. The first-order chi connectivity index (χ1) is 11.2. The topological polar surface area (TPSA) is 74.8 Å². The quantitative estimate of drug-likeness (QED) is 0.759. The molecule has 2 rings (SSSR count). The maximum atomic E-state index is 12.5. The molecule has 0 spiro atoms. The number of ketones is 1. The van der Waals surface area contributed by atoms with E-state index in [9.17, 15) is 18.0 Å². The number of carbonyl (C=O) groups excluding carboxylic acids is 2. The van der Waals surface area contributed by atoms with Crippen LogP contribution in [0.5, 0.6) is 0 Å². The van der Waals surface area contributed by atoms with Gasteiger partial charge in [-0.15, -0.1) is 0 Å². The first-order valence-electron chi connectivity index (χ1n) is 8.05. The molecular weight excluding hydrogens is 328 g/mol. The number of Topliss-reactive ketones (excluding diaryl/α,β-unsaturated/α-hetero) is 1. The Morgan fingerprint density at radius 2 is 2.04 bits per heavy atom. The molecule has 0 bridgehead atoms. The van der Waals surface area contributed by atoms with Gasteiger partial charge in [0.05, 0.1) is 11.9 Å². The summed E-state index contributed by atoms with van der Waals surface area (Å²) in [6.07, 6.45) is 3.09. The van der Waals surface area contributed by atoms with E-state index < -0.39 is 10.0 Å². The first kappa shape index (κ1) is 18.4. The second-order valence-electron chi connectivity index (χ2n) is 6.46. The van der Waals surface area contributed by atoms with E-state index in [2.05, 4.69) is 6.92 Å². The van der Waals surface area contributed by atoms with Gasteiger partial charge in [0.25, 0.3) is 0 Å². The molecule has 1 aliphatic rings. The molecule has 132 valence electrons. The summed E-state index contributed by atoms with van der Waals surface area (Å²) >= 11 is 0. The summed E-state index contributed by atoms with van der Waals surface area (Å²) in [5, 5.41) is 0. The lowest BCUT2D eigenvalue weighted by Gasteiger charge is -2.33. The van der Waals surface area contributed by atoms with Crippen molar-refractivity contribution in [3.63, 3.8) is 0 Å². The zero-order chi connectivity index (χ0) is 17.9. The van der Waals surface area contributed by atoms with Gasteiger partial charge in [0.1, 0.15) is 6.54 Å². The van der Waals surface area contributed by atoms with Crippen LogP contribution >= 0.6 is 0 Å². The van der Waals surface area contributed by atoms with Crippen LogP contribution in [-0.2, 0) is 14.8 Å². The lowest BCUT2D eigenvalue weighted by atomic mass is 10.0. The summed E-state index contributed by atoms with van der Waals surface area (Å²) < 4.78 is 25.4. The van der Waals surface area contributed by atoms with Crippen molar-refractivity contribution in [2.75, 3.05) is 30.2 Å². The molecule has 1 aromatic rings. The number of piperidine rings is 1. The predicted octanol–water partition coefficient (Wildman–Crippen LogP) is 1.91. The van der Waals surface area contributed by atoms with Crippen LogP contribution in [0, 0.1) is 5.92 Å². The fourth-order valence-electron chi connectivity index (χ4n) is 2.92. The second-order valence-corrected chi connectivity index (χ2v) is 8.37. The smallest absolute Gasteiger partial charge is 0.243 e. The van der Waals surface area contributed by atoms with Gasteiger partial charge in [-0.25, -0.2) is 8.42 Å². The fraction of sp³-hybridized carbons (Fsp3) is 0.529.